The van der Waals surface area contributed by atoms with Crippen molar-refractivity contribution in [3.8, 4) is 0 Å². The number of allylic oxidation sites excluding steroid dienone is 2. The number of nitrogens with zero attached hydrogens (tertiary/aromatic N) is 1. The molecule has 1 saturated heterocycles. The van der Waals surface area contributed by atoms with Crippen LogP contribution in [0.4, 0.5) is 0 Å². The molecule has 0 spiro atoms. The normalized spacial score (nSPS) is 32.0. The highest BCUT2D eigenvalue weighted by molar-refractivity contribution is 5.92. The summed E-state index contributed by atoms with van der Waals surface area (Å²) in [7, 11) is 0. The van der Waals surface area contributed by atoms with E-state index >= 15 is 0 Å². The topological polar surface area (TPSA) is 29.5 Å². The third kappa shape index (κ3) is 2.23. The molecule has 2 unspecified atom stereocenters. The summed E-state index contributed by atoms with van der Waals surface area (Å²) in [6, 6.07) is 0.457. The maximum atomic E-state index is 11.2. The van der Waals surface area contributed by atoms with Crippen LogP contribution in [0.1, 0.15) is 33.1 Å². The molecule has 0 saturated carbocycles. The fourth-order valence-electron chi connectivity index (χ4n) is 2.34. The molecule has 2 rings (SSSR count). The molecule has 0 bridgehead atoms. The number of carbonyl (C=O) groups is 1. The van der Waals surface area contributed by atoms with Gasteiger partial charge >= 0.3 is 0 Å². The minimum absolute atomic E-state index is 0.277. The van der Waals surface area contributed by atoms with Crippen LogP contribution in [0.2, 0.25) is 0 Å². The second-order valence-electron chi connectivity index (χ2n) is 4.46. The third-order valence-electron chi connectivity index (χ3n) is 3.26. The Labute approximate surface area is 91.1 Å². The van der Waals surface area contributed by atoms with Crippen molar-refractivity contribution in [1.82, 2.24) is 4.90 Å². The number of hydrogen-bond donors (Lipinski definition) is 0. The van der Waals surface area contributed by atoms with E-state index in [-0.39, 0.29) is 11.9 Å². The van der Waals surface area contributed by atoms with Gasteiger partial charge in [0.1, 0.15) is 0 Å². The van der Waals surface area contributed by atoms with Gasteiger partial charge in [-0.2, -0.15) is 0 Å². The molecule has 84 valence electrons. The number of ether oxygens (including phenoxy) is 1. The summed E-state index contributed by atoms with van der Waals surface area (Å²) in [5.41, 5.74) is 1.22. The average molecular weight is 209 g/mol. The lowest BCUT2D eigenvalue weighted by Crippen LogP contribution is -2.47. The lowest BCUT2D eigenvalue weighted by molar-refractivity contribution is -0.114. The molecule has 0 amide bonds. The van der Waals surface area contributed by atoms with Gasteiger partial charge in [-0.25, -0.2) is 0 Å². The highest BCUT2D eigenvalue weighted by atomic mass is 16.5. The van der Waals surface area contributed by atoms with Crippen molar-refractivity contribution in [1.29, 1.82) is 0 Å². The van der Waals surface area contributed by atoms with Gasteiger partial charge in [-0.3, -0.25) is 4.79 Å². The van der Waals surface area contributed by atoms with Crippen LogP contribution in [0.15, 0.2) is 11.8 Å². The Kier molecular flexibility index (Phi) is 3.10. The largest absolute Gasteiger partial charge is 0.375 e. The van der Waals surface area contributed by atoms with E-state index in [1.165, 1.54) is 5.70 Å². The molecule has 1 heterocycles. The molecule has 3 heteroatoms. The first kappa shape index (κ1) is 10.7. The summed E-state index contributed by atoms with van der Waals surface area (Å²) in [6.07, 6.45) is 4.79. The molecule has 2 aliphatic rings. The predicted octanol–water partition coefficient (Wildman–Crippen LogP) is 1.73. The van der Waals surface area contributed by atoms with Crippen LogP contribution in [0, 0.1) is 0 Å². The minimum atomic E-state index is 0.277. The Bertz CT molecular complexity index is 285. The van der Waals surface area contributed by atoms with Gasteiger partial charge in [-0.05, 0) is 19.8 Å². The molecule has 0 aromatic rings. The number of hydrogen-bond acceptors (Lipinski definition) is 3. The molecule has 3 nitrogen and oxygen atoms in total. The lowest BCUT2D eigenvalue weighted by atomic mass is 10.1. The van der Waals surface area contributed by atoms with Crippen LogP contribution in [0.25, 0.3) is 0 Å². The van der Waals surface area contributed by atoms with Crippen molar-refractivity contribution in [2.45, 2.75) is 45.3 Å². The number of ketones is 1. The van der Waals surface area contributed by atoms with E-state index in [1.807, 2.05) is 6.08 Å². The van der Waals surface area contributed by atoms with Gasteiger partial charge in [0.2, 0.25) is 0 Å². The highest BCUT2D eigenvalue weighted by Crippen LogP contribution is 2.26. The average Bonchev–Trinajstić information content (AvgIpc) is 2.65. The summed E-state index contributed by atoms with van der Waals surface area (Å²) in [5, 5.41) is 0. The van der Waals surface area contributed by atoms with Crippen molar-refractivity contribution in [3.05, 3.63) is 11.8 Å². The molecule has 1 fully saturated rings. The van der Waals surface area contributed by atoms with Crippen molar-refractivity contribution in [3.63, 3.8) is 0 Å². The number of rotatable bonds is 2. The van der Waals surface area contributed by atoms with E-state index < -0.39 is 0 Å². The van der Waals surface area contributed by atoms with Crippen LogP contribution >= 0.6 is 0 Å². The summed E-state index contributed by atoms with van der Waals surface area (Å²) in [4.78, 5) is 13.6. The number of morpholine rings is 1. The zero-order valence-electron chi connectivity index (χ0n) is 9.53. The van der Waals surface area contributed by atoms with Crippen molar-refractivity contribution >= 4 is 5.78 Å². The molecule has 0 aromatic heterocycles. The van der Waals surface area contributed by atoms with Crippen LogP contribution in [-0.2, 0) is 9.53 Å². The standard InChI is InChI=1S/C12H19NO2/c1-3-10-8-15-9(2)7-13(10)11-4-5-12(14)6-11/h6,9-10H,3-5,7-8H2,1-2H3. The van der Waals surface area contributed by atoms with Gasteiger partial charge in [0, 0.05) is 24.7 Å². The van der Waals surface area contributed by atoms with Gasteiger partial charge in [-0.1, -0.05) is 6.92 Å². The first-order chi connectivity index (χ1) is 7.20. The van der Waals surface area contributed by atoms with Crippen LogP contribution < -0.4 is 0 Å². The van der Waals surface area contributed by atoms with Gasteiger partial charge < -0.3 is 9.64 Å². The predicted molar refractivity (Wildman–Crippen MR) is 58.5 cm³/mol. The van der Waals surface area contributed by atoms with Gasteiger partial charge in [0.15, 0.2) is 5.78 Å². The SMILES string of the molecule is CCC1COC(C)CN1C1=CC(=O)CC1. The van der Waals surface area contributed by atoms with Gasteiger partial charge in [-0.15, -0.1) is 0 Å². The molecule has 0 aromatic carbocycles. The Balaban J connectivity index is 2.10. The maximum absolute atomic E-state index is 11.2. The summed E-state index contributed by atoms with van der Waals surface area (Å²) >= 11 is 0. The van der Waals surface area contributed by atoms with E-state index in [4.69, 9.17) is 4.74 Å². The van der Waals surface area contributed by atoms with Crippen molar-refractivity contribution in [2.24, 2.45) is 0 Å². The summed E-state index contributed by atoms with van der Waals surface area (Å²) in [5.74, 6) is 0.277. The van der Waals surface area contributed by atoms with E-state index in [2.05, 4.69) is 18.7 Å². The third-order valence-corrected chi connectivity index (χ3v) is 3.26. The van der Waals surface area contributed by atoms with E-state index in [0.29, 0.717) is 12.5 Å². The van der Waals surface area contributed by atoms with Crippen LogP contribution in [-0.4, -0.2) is 36.0 Å². The Morgan fingerprint density at radius 3 is 2.93 bits per heavy atom. The smallest absolute Gasteiger partial charge is 0.157 e. The molecular formula is C12H19NO2. The monoisotopic (exact) mass is 209 g/mol. The molecular weight excluding hydrogens is 190 g/mol. The quantitative estimate of drug-likeness (QED) is 0.693. The second-order valence-corrected chi connectivity index (χ2v) is 4.46. The second kappa shape index (κ2) is 4.35. The van der Waals surface area contributed by atoms with Crippen molar-refractivity contribution < 1.29 is 9.53 Å². The van der Waals surface area contributed by atoms with Crippen molar-refractivity contribution in [2.75, 3.05) is 13.2 Å². The minimum Gasteiger partial charge on any atom is -0.375 e. The molecule has 0 N–H and O–H groups in total. The molecule has 0 radical (unpaired) electrons. The van der Waals surface area contributed by atoms with E-state index in [0.717, 1.165) is 26.0 Å². The van der Waals surface area contributed by atoms with Crippen LogP contribution in [0.3, 0.4) is 0 Å². The highest BCUT2D eigenvalue weighted by Gasteiger charge is 2.29. The molecule has 1 aliphatic carbocycles. The first-order valence-electron chi connectivity index (χ1n) is 5.82. The van der Waals surface area contributed by atoms with Crippen LogP contribution in [0.5, 0.6) is 0 Å². The summed E-state index contributed by atoms with van der Waals surface area (Å²) < 4.78 is 5.64. The Hall–Kier alpha value is -0.830. The zero-order valence-corrected chi connectivity index (χ0v) is 9.53. The van der Waals surface area contributed by atoms with E-state index in [1.54, 1.807) is 0 Å². The Morgan fingerprint density at radius 1 is 1.53 bits per heavy atom. The molecule has 1 aliphatic heterocycles. The molecule has 15 heavy (non-hydrogen) atoms. The van der Waals surface area contributed by atoms with Gasteiger partial charge in [0.25, 0.3) is 0 Å². The zero-order chi connectivity index (χ0) is 10.8. The maximum Gasteiger partial charge on any atom is 0.157 e. The number of carbonyl (C=O) groups excluding carboxylic acids is 1. The summed E-state index contributed by atoms with van der Waals surface area (Å²) in [6.45, 7) is 5.99. The first-order valence-corrected chi connectivity index (χ1v) is 5.82. The molecule has 2 atom stereocenters. The lowest BCUT2D eigenvalue weighted by Gasteiger charge is -2.40. The Morgan fingerprint density at radius 2 is 2.33 bits per heavy atom. The van der Waals surface area contributed by atoms with E-state index in [9.17, 15) is 4.79 Å². The van der Waals surface area contributed by atoms with Gasteiger partial charge in [0.05, 0.1) is 18.8 Å². The fraction of sp³-hybridized carbons (Fsp3) is 0.750. The fourth-order valence-corrected chi connectivity index (χ4v) is 2.34.